The van der Waals surface area contributed by atoms with Gasteiger partial charge in [0.1, 0.15) is 0 Å². The van der Waals surface area contributed by atoms with Gasteiger partial charge in [0.15, 0.2) is 0 Å². The molecular weight excluding hydrogens is 324 g/mol. The Kier molecular flexibility index (Phi) is 3.91. The third-order valence-electron chi connectivity index (χ3n) is 7.98. The van der Waals surface area contributed by atoms with Crippen molar-refractivity contribution in [2.24, 2.45) is 17.6 Å². The molecule has 1 aromatic carbocycles. The first-order valence-corrected chi connectivity index (χ1v) is 10.4. The summed E-state index contributed by atoms with van der Waals surface area (Å²) >= 11 is 0. The quantitative estimate of drug-likeness (QED) is 0.877. The van der Waals surface area contributed by atoms with Crippen molar-refractivity contribution in [3.05, 3.63) is 34.9 Å². The van der Waals surface area contributed by atoms with E-state index in [-0.39, 0.29) is 17.4 Å². The van der Waals surface area contributed by atoms with Crippen molar-refractivity contribution in [3.8, 4) is 0 Å². The minimum atomic E-state index is -0.346. The fourth-order valence-electron chi connectivity index (χ4n) is 6.48. The smallest absolute Gasteiger partial charge is 0.248 e. The molecule has 2 bridgehead atoms. The highest BCUT2D eigenvalue weighted by Gasteiger charge is 2.55. The zero-order valence-corrected chi connectivity index (χ0v) is 15.5. The van der Waals surface area contributed by atoms with Gasteiger partial charge in [-0.1, -0.05) is 12.5 Å². The third-order valence-corrected chi connectivity index (χ3v) is 7.98. The summed E-state index contributed by atoms with van der Waals surface area (Å²) in [5.41, 5.74) is 8.92. The molecule has 0 radical (unpaired) electrons. The SMILES string of the molecule is NC(=O)c1ccc2c(c1)C13CCN(CC4CCC4)C(C2)C1CCC(O)C3. The van der Waals surface area contributed by atoms with Gasteiger partial charge in [-0.2, -0.15) is 0 Å². The molecule has 0 aromatic heterocycles. The normalized spacial score (nSPS) is 36.7. The summed E-state index contributed by atoms with van der Waals surface area (Å²) in [6, 6.07) is 6.68. The second-order valence-electron chi connectivity index (χ2n) is 9.25. The first-order valence-electron chi connectivity index (χ1n) is 10.4. The topological polar surface area (TPSA) is 66.6 Å². The first-order chi connectivity index (χ1) is 12.6. The van der Waals surface area contributed by atoms with Crippen molar-refractivity contribution >= 4 is 5.91 Å². The van der Waals surface area contributed by atoms with Crippen LogP contribution in [0.3, 0.4) is 0 Å². The molecule has 3 N–H and O–H groups in total. The van der Waals surface area contributed by atoms with E-state index in [2.05, 4.69) is 17.0 Å². The van der Waals surface area contributed by atoms with Crippen LogP contribution in [0.4, 0.5) is 0 Å². The summed E-state index contributed by atoms with van der Waals surface area (Å²) in [6.07, 6.45) is 9.05. The van der Waals surface area contributed by atoms with Crippen LogP contribution in [0.25, 0.3) is 0 Å². The van der Waals surface area contributed by atoms with Gasteiger partial charge in [-0.05, 0) is 86.6 Å². The molecule has 4 atom stereocenters. The van der Waals surface area contributed by atoms with Crippen molar-refractivity contribution in [1.82, 2.24) is 4.90 Å². The summed E-state index contributed by atoms with van der Waals surface area (Å²) in [5, 5.41) is 10.5. The molecule has 5 rings (SSSR count). The Bertz CT molecular complexity index is 729. The van der Waals surface area contributed by atoms with Gasteiger partial charge >= 0.3 is 0 Å². The lowest BCUT2D eigenvalue weighted by Crippen LogP contribution is -2.63. The van der Waals surface area contributed by atoms with Gasteiger partial charge in [0.2, 0.25) is 5.91 Å². The molecule has 4 aliphatic rings. The van der Waals surface area contributed by atoms with Crippen molar-refractivity contribution in [1.29, 1.82) is 0 Å². The van der Waals surface area contributed by atoms with E-state index in [1.807, 2.05) is 6.07 Å². The number of primary amides is 1. The Balaban J connectivity index is 1.55. The van der Waals surface area contributed by atoms with Gasteiger partial charge in [0.25, 0.3) is 0 Å². The third kappa shape index (κ3) is 2.45. The standard InChI is InChI=1S/C22H30N2O2/c23-21(26)16-5-4-15-11-20-18-7-6-17(25)12-22(18,19(15)10-16)8-9-24(20)13-14-2-1-3-14/h4-5,10,14,17-18,20,25H,1-3,6-9,11-13H2,(H2,23,26). The average Bonchev–Trinajstić information content (AvgIpc) is 2.58. The van der Waals surface area contributed by atoms with E-state index in [1.165, 1.54) is 36.9 Å². The highest BCUT2D eigenvalue weighted by atomic mass is 16.3. The molecule has 1 aromatic rings. The molecule has 1 aliphatic heterocycles. The fourth-order valence-corrected chi connectivity index (χ4v) is 6.48. The summed E-state index contributed by atoms with van der Waals surface area (Å²) in [5.74, 6) is 1.16. The zero-order valence-electron chi connectivity index (χ0n) is 15.5. The largest absolute Gasteiger partial charge is 0.393 e. The second kappa shape index (κ2) is 6.07. The number of aliphatic hydroxyl groups is 1. The molecule has 3 aliphatic carbocycles. The maximum absolute atomic E-state index is 11.8. The van der Waals surface area contributed by atoms with Crippen LogP contribution in [0.2, 0.25) is 0 Å². The number of aliphatic hydroxyl groups excluding tert-OH is 1. The number of amides is 1. The summed E-state index contributed by atoms with van der Waals surface area (Å²) in [7, 11) is 0. The summed E-state index contributed by atoms with van der Waals surface area (Å²) in [4.78, 5) is 14.5. The van der Waals surface area contributed by atoms with Gasteiger partial charge in [0.05, 0.1) is 6.10 Å². The Morgan fingerprint density at radius 2 is 2.12 bits per heavy atom. The Hall–Kier alpha value is -1.39. The molecule has 0 spiro atoms. The summed E-state index contributed by atoms with van der Waals surface area (Å²) < 4.78 is 0. The van der Waals surface area contributed by atoms with Crippen molar-refractivity contribution in [2.75, 3.05) is 13.1 Å². The highest BCUT2D eigenvalue weighted by molar-refractivity contribution is 5.93. The molecule has 4 unspecified atom stereocenters. The minimum Gasteiger partial charge on any atom is -0.393 e. The molecule has 1 heterocycles. The van der Waals surface area contributed by atoms with Crippen LogP contribution < -0.4 is 5.73 Å². The van der Waals surface area contributed by atoms with Crippen LogP contribution in [0.1, 0.15) is 66.4 Å². The number of carbonyl (C=O) groups is 1. The lowest BCUT2D eigenvalue weighted by atomic mass is 9.51. The molecular formula is C22H30N2O2. The average molecular weight is 354 g/mol. The number of fused-ring (bicyclic) bond motifs is 1. The van der Waals surface area contributed by atoms with Crippen LogP contribution in [0, 0.1) is 11.8 Å². The van der Waals surface area contributed by atoms with E-state index in [1.54, 1.807) is 0 Å². The number of likely N-dealkylation sites (tertiary alicyclic amines) is 1. The van der Waals surface area contributed by atoms with E-state index >= 15 is 0 Å². The number of rotatable bonds is 3. The number of hydrogen-bond acceptors (Lipinski definition) is 3. The Labute approximate surface area is 155 Å². The number of nitrogens with two attached hydrogens (primary N) is 1. The van der Waals surface area contributed by atoms with Crippen molar-refractivity contribution in [3.63, 3.8) is 0 Å². The molecule has 4 heteroatoms. The molecule has 4 nitrogen and oxygen atoms in total. The fraction of sp³-hybridized carbons (Fsp3) is 0.682. The second-order valence-corrected chi connectivity index (χ2v) is 9.25. The van der Waals surface area contributed by atoms with E-state index < -0.39 is 0 Å². The van der Waals surface area contributed by atoms with E-state index in [4.69, 9.17) is 5.73 Å². The lowest BCUT2D eigenvalue weighted by molar-refractivity contribution is -0.0556. The maximum Gasteiger partial charge on any atom is 0.248 e. The van der Waals surface area contributed by atoms with Crippen LogP contribution in [0.15, 0.2) is 18.2 Å². The zero-order chi connectivity index (χ0) is 17.9. The van der Waals surface area contributed by atoms with Crippen LogP contribution in [-0.4, -0.2) is 41.1 Å². The van der Waals surface area contributed by atoms with Gasteiger partial charge in [-0.15, -0.1) is 0 Å². The van der Waals surface area contributed by atoms with E-state index in [0.29, 0.717) is 17.5 Å². The number of hydrogen-bond donors (Lipinski definition) is 2. The number of carbonyl (C=O) groups excluding carboxylic acids is 1. The van der Waals surface area contributed by atoms with Gasteiger partial charge in [-0.3, -0.25) is 9.69 Å². The number of piperidine rings is 1. The first kappa shape index (κ1) is 16.8. The van der Waals surface area contributed by atoms with Gasteiger partial charge < -0.3 is 10.8 Å². The highest BCUT2D eigenvalue weighted by Crippen LogP contribution is 2.56. The molecule has 1 saturated heterocycles. The predicted molar refractivity (Wildman–Crippen MR) is 101 cm³/mol. The monoisotopic (exact) mass is 354 g/mol. The number of nitrogens with zero attached hydrogens (tertiary/aromatic N) is 1. The molecule has 140 valence electrons. The summed E-state index contributed by atoms with van der Waals surface area (Å²) in [6.45, 7) is 2.39. The van der Waals surface area contributed by atoms with E-state index in [9.17, 15) is 9.90 Å². The van der Waals surface area contributed by atoms with Crippen LogP contribution in [-0.2, 0) is 11.8 Å². The molecule has 2 saturated carbocycles. The maximum atomic E-state index is 11.8. The van der Waals surface area contributed by atoms with Gasteiger partial charge in [-0.25, -0.2) is 0 Å². The van der Waals surface area contributed by atoms with Crippen molar-refractivity contribution < 1.29 is 9.90 Å². The molecule has 26 heavy (non-hydrogen) atoms. The number of benzene rings is 1. The molecule has 3 fully saturated rings. The molecule has 1 amide bonds. The van der Waals surface area contributed by atoms with Gasteiger partial charge in [0, 0.05) is 23.6 Å². The van der Waals surface area contributed by atoms with E-state index in [0.717, 1.165) is 44.6 Å². The van der Waals surface area contributed by atoms with Crippen molar-refractivity contribution in [2.45, 2.75) is 68.9 Å². The Morgan fingerprint density at radius 3 is 2.85 bits per heavy atom. The minimum absolute atomic E-state index is 0.0392. The van der Waals surface area contributed by atoms with Crippen LogP contribution in [0.5, 0.6) is 0 Å². The van der Waals surface area contributed by atoms with Crippen LogP contribution >= 0.6 is 0 Å². The lowest BCUT2D eigenvalue weighted by Gasteiger charge is -2.60. The Morgan fingerprint density at radius 1 is 1.27 bits per heavy atom. The predicted octanol–water partition coefficient (Wildman–Crippen LogP) is 2.61.